The zero-order valence-corrected chi connectivity index (χ0v) is 12.4. The van der Waals surface area contributed by atoms with Crippen molar-refractivity contribution in [1.29, 1.82) is 0 Å². The Morgan fingerprint density at radius 1 is 1.18 bits per heavy atom. The first-order valence-electron chi connectivity index (χ1n) is 7.57. The van der Waals surface area contributed by atoms with Crippen LogP contribution in [-0.4, -0.2) is 37.1 Å². The molecule has 0 radical (unpaired) electrons. The first-order chi connectivity index (χ1) is 8.12. The number of hydrogen-bond donors (Lipinski definition) is 1. The minimum absolute atomic E-state index is 0.634. The maximum atomic E-state index is 3.49. The van der Waals surface area contributed by atoms with Crippen molar-refractivity contribution in [3.05, 3.63) is 0 Å². The molecule has 1 fully saturated rings. The molecule has 1 N–H and O–H groups in total. The van der Waals surface area contributed by atoms with Crippen LogP contribution >= 0.6 is 0 Å². The molecule has 102 valence electrons. The highest BCUT2D eigenvalue weighted by Crippen LogP contribution is 2.36. The Labute approximate surface area is 108 Å². The summed E-state index contributed by atoms with van der Waals surface area (Å²) in [6.07, 6.45) is 6.80. The van der Waals surface area contributed by atoms with Crippen molar-refractivity contribution in [3.63, 3.8) is 0 Å². The third-order valence-electron chi connectivity index (χ3n) is 4.47. The summed E-state index contributed by atoms with van der Waals surface area (Å²) in [6.45, 7) is 14.3. The molecule has 1 saturated heterocycles. The van der Waals surface area contributed by atoms with Crippen LogP contribution in [-0.2, 0) is 0 Å². The molecule has 17 heavy (non-hydrogen) atoms. The molecule has 0 amide bonds. The zero-order chi connectivity index (χ0) is 12.7. The van der Waals surface area contributed by atoms with Gasteiger partial charge in [0.1, 0.15) is 0 Å². The molecule has 0 spiro atoms. The molecule has 2 nitrogen and oxygen atoms in total. The smallest absolute Gasteiger partial charge is 0.00382 e. The largest absolute Gasteiger partial charge is 0.315 e. The molecule has 0 aromatic heterocycles. The maximum absolute atomic E-state index is 3.49. The Morgan fingerprint density at radius 2 is 1.88 bits per heavy atom. The van der Waals surface area contributed by atoms with Crippen molar-refractivity contribution in [2.75, 3.05) is 26.2 Å². The third kappa shape index (κ3) is 4.97. The Balaban J connectivity index is 2.10. The predicted octanol–water partition coefficient (Wildman–Crippen LogP) is 3.28. The second-order valence-corrected chi connectivity index (χ2v) is 6.05. The summed E-state index contributed by atoms with van der Waals surface area (Å²) in [5, 5.41) is 3.49. The van der Waals surface area contributed by atoms with Crippen molar-refractivity contribution < 1.29 is 0 Å². The monoisotopic (exact) mass is 240 g/mol. The molecule has 0 unspecified atom stereocenters. The fraction of sp³-hybridized carbons (Fsp3) is 1.00. The number of nitrogens with one attached hydrogen (secondary N) is 1. The summed E-state index contributed by atoms with van der Waals surface area (Å²) < 4.78 is 0. The fourth-order valence-electron chi connectivity index (χ4n) is 2.90. The van der Waals surface area contributed by atoms with Gasteiger partial charge in [-0.1, -0.05) is 27.7 Å². The van der Waals surface area contributed by atoms with E-state index >= 15 is 0 Å². The van der Waals surface area contributed by atoms with Gasteiger partial charge in [-0.25, -0.2) is 0 Å². The van der Waals surface area contributed by atoms with Crippen LogP contribution in [0.2, 0.25) is 0 Å². The van der Waals surface area contributed by atoms with E-state index in [4.69, 9.17) is 0 Å². The van der Waals surface area contributed by atoms with E-state index in [1.165, 1.54) is 58.3 Å². The van der Waals surface area contributed by atoms with E-state index in [0.717, 1.165) is 0 Å². The molecule has 0 bridgehead atoms. The predicted molar refractivity (Wildman–Crippen MR) is 76.4 cm³/mol. The van der Waals surface area contributed by atoms with E-state index in [-0.39, 0.29) is 0 Å². The summed E-state index contributed by atoms with van der Waals surface area (Å²) >= 11 is 0. The van der Waals surface area contributed by atoms with Crippen LogP contribution in [0.5, 0.6) is 0 Å². The van der Waals surface area contributed by atoms with Crippen molar-refractivity contribution in [3.8, 4) is 0 Å². The average Bonchev–Trinajstić information content (AvgIpc) is 2.73. The van der Waals surface area contributed by atoms with Crippen LogP contribution in [0.15, 0.2) is 0 Å². The molecule has 2 heteroatoms. The van der Waals surface area contributed by atoms with Gasteiger partial charge in [0.05, 0.1) is 0 Å². The molecule has 0 aliphatic carbocycles. The number of unbranched alkanes of at least 4 members (excludes halogenated alkanes) is 1. The van der Waals surface area contributed by atoms with E-state index in [9.17, 15) is 0 Å². The lowest BCUT2D eigenvalue weighted by molar-refractivity contribution is 0.238. The molecular weight excluding hydrogens is 208 g/mol. The van der Waals surface area contributed by atoms with Gasteiger partial charge in [0, 0.05) is 12.6 Å². The molecule has 0 aromatic carbocycles. The molecule has 1 aliphatic rings. The van der Waals surface area contributed by atoms with E-state index in [1.54, 1.807) is 0 Å². The highest BCUT2D eigenvalue weighted by atomic mass is 15.2. The second-order valence-electron chi connectivity index (χ2n) is 6.05. The Bertz CT molecular complexity index is 197. The van der Waals surface area contributed by atoms with Crippen LogP contribution in [0.3, 0.4) is 0 Å². The lowest BCUT2D eigenvalue weighted by Crippen LogP contribution is -2.28. The second kappa shape index (κ2) is 7.38. The van der Waals surface area contributed by atoms with Crippen molar-refractivity contribution in [1.82, 2.24) is 10.2 Å². The zero-order valence-electron chi connectivity index (χ0n) is 12.4. The van der Waals surface area contributed by atoms with Gasteiger partial charge in [0.25, 0.3) is 0 Å². The topological polar surface area (TPSA) is 15.3 Å². The first-order valence-corrected chi connectivity index (χ1v) is 7.57. The average molecular weight is 240 g/mol. The molecule has 0 saturated carbocycles. The maximum Gasteiger partial charge on any atom is 0.00382 e. The molecular formula is C15H32N2. The van der Waals surface area contributed by atoms with Gasteiger partial charge in [0.15, 0.2) is 0 Å². The van der Waals surface area contributed by atoms with E-state index < -0.39 is 0 Å². The molecule has 1 rings (SSSR count). The van der Waals surface area contributed by atoms with Gasteiger partial charge in [-0.05, 0) is 57.2 Å². The minimum Gasteiger partial charge on any atom is -0.315 e. The van der Waals surface area contributed by atoms with E-state index in [1.807, 2.05) is 0 Å². The number of hydrogen-bond acceptors (Lipinski definition) is 2. The summed E-state index contributed by atoms with van der Waals surface area (Å²) in [5.74, 6) is 0. The number of nitrogens with zero attached hydrogens (tertiary/aromatic N) is 1. The summed E-state index contributed by atoms with van der Waals surface area (Å²) in [4.78, 5) is 2.68. The summed E-state index contributed by atoms with van der Waals surface area (Å²) in [6, 6.07) is 0.634. The van der Waals surface area contributed by atoms with E-state index in [0.29, 0.717) is 11.5 Å². The Morgan fingerprint density at radius 3 is 2.41 bits per heavy atom. The third-order valence-corrected chi connectivity index (χ3v) is 4.47. The SMILES string of the molecule is CCC1(CC)CCN(CCCCNC(C)C)C1. The Hall–Kier alpha value is -0.0800. The fourth-order valence-corrected chi connectivity index (χ4v) is 2.90. The highest BCUT2D eigenvalue weighted by molar-refractivity contribution is 4.87. The van der Waals surface area contributed by atoms with Gasteiger partial charge in [-0.15, -0.1) is 0 Å². The molecule has 0 atom stereocenters. The molecule has 0 aromatic rings. The van der Waals surface area contributed by atoms with Crippen LogP contribution in [0.25, 0.3) is 0 Å². The highest BCUT2D eigenvalue weighted by Gasteiger charge is 2.34. The van der Waals surface area contributed by atoms with Gasteiger partial charge in [-0.2, -0.15) is 0 Å². The molecule has 1 heterocycles. The lowest BCUT2D eigenvalue weighted by atomic mass is 9.82. The van der Waals surface area contributed by atoms with Crippen LogP contribution in [0, 0.1) is 5.41 Å². The normalized spacial score (nSPS) is 20.3. The van der Waals surface area contributed by atoms with Crippen molar-refractivity contribution >= 4 is 0 Å². The van der Waals surface area contributed by atoms with Crippen LogP contribution < -0.4 is 5.32 Å². The minimum atomic E-state index is 0.634. The summed E-state index contributed by atoms with van der Waals surface area (Å²) in [7, 11) is 0. The first kappa shape index (κ1) is 15.0. The van der Waals surface area contributed by atoms with Crippen molar-refractivity contribution in [2.45, 2.75) is 65.8 Å². The van der Waals surface area contributed by atoms with Crippen LogP contribution in [0.4, 0.5) is 0 Å². The van der Waals surface area contributed by atoms with E-state index in [2.05, 4.69) is 37.9 Å². The molecule has 1 aliphatic heterocycles. The number of rotatable bonds is 8. The van der Waals surface area contributed by atoms with Gasteiger partial charge < -0.3 is 10.2 Å². The van der Waals surface area contributed by atoms with Gasteiger partial charge >= 0.3 is 0 Å². The van der Waals surface area contributed by atoms with Gasteiger partial charge in [-0.3, -0.25) is 0 Å². The van der Waals surface area contributed by atoms with Gasteiger partial charge in [0.2, 0.25) is 0 Å². The summed E-state index contributed by atoms with van der Waals surface area (Å²) in [5.41, 5.74) is 0.649. The van der Waals surface area contributed by atoms with Crippen molar-refractivity contribution in [2.24, 2.45) is 5.41 Å². The Kier molecular flexibility index (Phi) is 6.50. The quantitative estimate of drug-likeness (QED) is 0.655. The van der Waals surface area contributed by atoms with Crippen LogP contribution in [0.1, 0.15) is 59.8 Å². The standard InChI is InChI=1S/C15H32N2/c1-5-15(6-2)9-12-17(13-15)11-8-7-10-16-14(3)4/h14,16H,5-13H2,1-4H3. The lowest BCUT2D eigenvalue weighted by Gasteiger charge is -2.26. The number of likely N-dealkylation sites (tertiary alicyclic amines) is 1.